The van der Waals surface area contributed by atoms with Crippen molar-refractivity contribution < 1.29 is 9.21 Å². The minimum Gasteiger partial charge on any atom is -0.451 e. The Kier molecular flexibility index (Phi) is 4.00. The maximum absolute atomic E-state index is 12.7. The van der Waals surface area contributed by atoms with Gasteiger partial charge in [-0.25, -0.2) is 0 Å². The van der Waals surface area contributed by atoms with E-state index in [4.69, 9.17) is 4.42 Å². The van der Waals surface area contributed by atoms with E-state index in [-0.39, 0.29) is 11.9 Å². The number of furan rings is 1. The molecule has 0 fully saturated rings. The fourth-order valence-electron chi connectivity index (χ4n) is 3.48. The molecule has 0 bridgehead atoms. The van der Waals surface area contributed by atoms with Crippen molar-refractivity contribution in [3.8, 4) is 0 Å². The predicted molar refractivity (Wildman–Crippen MR) is 106 cm³/mol. The van der Waals surface area contributed by atoms with Crippen molar-refractivity contribution >= 4 is 27.6 Å². The molecule has 0 radical (unpaired) electrons. The van der Waals surface area contributed by atoms with Gasteiger partial charge >= 0.3 is 0 Å². The fourth-order valence-corrected chi connectivity index (χ4v) is 3.48. The molecule has 0 saturated carbocycles. The zero-order chi connectivity index (χ0) is 18.3. The summed E-state index contributed by atoms with van der Waals surface area (Å²) in [6, 6.07) is 20.1. The zero-order valence-corrected chi connectivity index (χ0v) is 15.2. The summed E-state index contributed by atoms with van der Waals surface area (Å²) in [5.74, 6) is 0.146. The molecule has 130 valence electrons. The van der Waals surface area contributed by atoms with Crippen LogP contribution < -0.4 is 5.32 Å². The van der Waals surface area contributed by atoms with Crippen LogP contribution in [0.4, 0.5) is 0 Å². The normalized spacial score (nSPS) is 12.4. The van der Waals surface area contributed by atoms with Crippen LogP contribution in [0.1, 0.15) is 40.2 Å². The molecule has 1 amide bonds. The lowest BCUT2D eigenvalue weighted by atomic mass is 10.00. The Balaban J connectivity index is 1.66. The SMILES string of the molecule is Cc1ccc(C)c([C@H](C)NC(=O)c2cc3c(ccc4ccccc43)o2)c1. The van der Waals surface area contributed by atoms with Crippen LogP contribution in [0.5, 0.6) is 0 Å². The van der Waals surface area contributed by atoms with Gasteiger partial charge in [-0.15, -0.1) is 0 Å². The lowest BCUT2D eigenvalue weighted by molar-refractivity contribution is 0.0914. The van der Waals surface area contributed by atoms with Gasteiger partial charge in [0.2, 0.25) is 0 Å². The van der Waals surface area contributed by atoms with E-state index in [1.807, 2.05) is 43.3 Å². The van der Waals surface area contributed by atoms with Gasteiger partial charge in [0.05, 0.1) is 6.04 Å². The lowest BCUT2D eigenvalue weighted by Gasteiger charge is -2.16. The summed E-state index contributed by atoms with van der Waals surface area (Å²) in [5.41, 5.74) is 4.20. The number of hydrogen-bond acceptors (Lipinski definition) is 2. The van der Waals surface area contributed by atoms with E-state index in [2.05, 4.69) is 43.4 Å². The molecule has 0 saturated heterocycles. The number of aryl methyl sites for hydroxylation is 2. The van der Waals surface area contributed by atoms with E-state index in [0.717, 1.165) is 27.3 Å². The Hall–Kier alpha value is -3.07. The minimum atomic E-state index is -0.196. The number of carbonyl (C=O) groups excluding carboxylic acids is 1. The lowest BCUT2D eigenvalue weighted by Crippen LogP contribution is -2.26. The first-order chi connectivity index (χ1) is 12.5. The van der Waals surface area contributed by atoms with Gasteiger partial charge in [0.15, 0.2) is 5.76 Å². The quantitative estimate of drug-likeness (QED) is 0.519. The van der Waals surface area contributed by atoms with Crippen LogP contribution in [-0.4, -0.2) is 5.91 Å². The standard InChI is InChI=1S/C23H21NO2/c1-14-8-9-15(2)19(12-14)16(3)24-23(25)22-13-20-18-7-5-4-6-17(18)10-11-21(20)26-22/h4-13,16H,1-3H3,(H,24,25)/t16-/m0/s1. The van der Waals surface area contributed by atoms with Gasteiger partial charge in [-0.2, -0.15) is 0 Å². The van der Waals surface area contributed by atoms with Gasteiger partial charge in [-0.3, -0.25) is 4.79 Å². The maximum Gasteiger partial charge on any atom is 0.287 e. The molecule has 4 aromatic rings. The topological polar surface area (TPSA) is 42.2 Å². The average molecular weight is 343 g/mol. The first kappa shape index (κ1) is 16.4. The number of rotatable bonds is 3. The third kappa shape index (κ3) is 2.86. The highest BCUT2D eigenvalue weighted by Crippen LogP contribution is 2.28. The first-order valence-corrected chi connectivity index (χ1v) is 8.82. The summed E-state index contributed by atoms with van der Waals surface area (Å²) in [6.07, 6.45) is 0. The summed E-state index contributed by atoms with van der Waals surface area (Å²) in [7, 11) is 0. The number of amides is 1. The average Bonchev–Trinajstić information content (AvgIpc) is 3.08. The van der Waals surface area contributed by atoms with Gasteiger partial charge in [-0.1, -0.05) is 54.1 Å². The highest BCUT2D eigenvalue weighted by Gasteiger charge is 2.17. The number of fused-ring (bicyclic) bond motifs is 3. The monoisotopic (exact) mass is 343 g/mol. The molecule has 1 N–H and O–H groups in total. The summed E-state index contributed by atoms with van der Waals surface area (Å²) in [5, 5.41) is 6.25. The van der Waals surface area contributed by atoms with Crippen molar-refractivity contribution in [3.63, 3.8) is 0 Å². The van der Waals surface area contributed by atoms with Crippen molar-refractivity contribution in [2.24, 2.45) is 0 Å². The predicted octanol–water partition coefficient (Wildman–Crippen LogP) is 5.69. The molecule has 3 aromatic carbocycles. The van der Waals surface area contributed by atoms with Crippen LogP contribution in [0.25, 0.3) is 21.7 Å². The molecule has 0 aliphatic heterocycles. The highest BCUT2D eigenvalue weighted by atomic mass is 16.3. The molecule has 1 atom stereocenters. The molecular formula is C23H21NO2. The smallest absolute Gasteiger partial charge is 0.287 e. The second-order valence-corrected chi connectivity index (χ2v) is 6.86. The number of benzene rings is 3. The van der Waals surface area contributed by atoms with Crippen molar-refractivity contribution in [2.75, 3.05) is 0 Å². The Morgan fingerprint density at radius 2 is 1.77 bits per heavy atom. The van der Waals surface area contributed by atoms with E-state index in [1.54, 1.807) is 0 Å². The zero-order valence-electron chi connectivity index (χ0n) is 15.2. The van der Waals surface area contributed by atoms with Crippen LogP contribution in [-0.2, 0) is 0 Å². The first-order valence-electron chi connectivity index (χ1n) is 8.82. The number of hydrogen-bond donors (Lipinski definition) is 1. The van der Waals surface area contributed by atoms with Crippen LogP contribution in [0.15, 0.2) is 65.1 Å². The van der Waals surface area contributed by atoms with Crippen molar-refractivity contribution in [3.05, 3.63) is 83.1 Å². The maximum atomic E-state index is 12.7. The molecule has 1 aromatic heterocycles. The molecule has 4 rings (SSSR count). The minimum absolute atomic E-state index is 0.0904. The van der Waals surface area contributed by atoms with Crippen LogP contribution >= 0.6 is 0 Å². The highest BCUT2D eigenvalue weighted by molar-refractivity contribution is 6.08. The summed E-state index contributed by atoms with van der Waals surface area (Å²) in [6.45, 7) is 6.12. The third-order valence-corrected chi connectivity index (χ3v) is 4.90. The molecular weight excluding hydrogens is 322 g/mol. The van der Waals surface area contributed by atoms with Crippen molar-refractivity contribution in [2.45, 2.75) is 26.8 Å². The Labute approximate surface area is 152 Å². The molecule has 0 spiro atoms. The largest absolute Gasteiger partial charge is 0.451 e. The van der Waals surface area contributed by atoms with Gasteiger partial charge in [0.25, 0.3) is 5.91 Å². The molecule has 3 heteroatoms. The fraction of sp³-hybridized carbons (Fsp3) is 0.174. The van der Waals surface area contributed by atoms with Crippen LogP contribution in [0.3, 0.4) is 0 Å². The van der Waals surface area contributed by atoms with E-state index in [9.17, 15) is 4.79 Å². The molecule has 0 unspecified atom stereocenters. The van der Waals surface area contributed by atoms with Crippen molar-refractivity contribution in [1.82, 2.24) is 5.32 Å². The van der Waals surface area contributed by atoms with E-state index in [0.29, 0.717) is 5.76 Å². The third-order valence-electron chi connectivity index (χ3n) is 4.90. The van der Waals surface area contributed by atoms with Gasteiger partial charge in [0.1, 0.15) is 5.58 Å². The number of nitrogens with one attached hydrogen (secondary N) is 1. The van der Waals surface area contributed by atoms with E-state index in [1.165, 1.54) is 11.1 Å². The summed E-state index contributed by atoms with van der Waals surface area (Å²) >= 11 is 0. The van der Waals surface area contributed by atoms with E-state index >= 15 is 0 Å². The van der Waals surface area contributed by atoms with Gasteiger partial charge in [0, 0.05) is 5.39 Å². The molecule has 0 aliphatic carbocycles. The summed E-state index contributed by atoms with van der Waals surface area (Å²) < 4.78 is 5.82. The molecule has 26 heavy (non-hydrogen) atoms. The Morgan fingerprint density at radius 1 is 0.962 bits per heavy atom. The van der Waals surface area contributed by atoms with Crippen molar-refractivity contribution in [1.29, 1.82) is 0 Å². The van der Waals surface area contributed by atoms with Crippen LogP contribution in [0, 0.1) is 13.8 Å². The van der Waals surface area contributed by atoms with Gasteiger partial charge < -0.3 is 9.73 Å². The van der Waals surface area contributed by atoms with Gasteiger partial charge in [-0.05, 0) is 54.8 Å². The second-order valence-electron chi connectivity index (χ2n) is 6.86. The molecule has 0 aliphatic rings. The van der Waals surface area contributed by atoms with E-state index < -0.39 is 0 Å². The second kappa shape index (κ2) is 6.34. The Morgan fingerprint density at radius 3 is 2.62 bits per heavy atom. The van der Waals surface area contributed by atoms with Crippen LogP contribution in [0.2, 0.25) is 0 Å². The number of carbonyl (C=O) groups is 1. The summed E-state index contributed by atoms with van der Waals surface area (Å²) in [4.78, 5) is 12.7. The Bertz CT molecular complexity index is 1120. The molecule has 1 heterocycles. The molecule has 3 nitrogen and oxygen atoms in total.